The molecule has 5 N–H and O–H groups in total. The Labute approximate surface area is 68.2 Å². The molecule has 1 heterocycles. The van der Waals surface area contributed by atoms with Gasteiger partial charge in [-0.15, -0.1) is 0 Å². The van der Waals surface area contributed by atoms with Crippen molar-refractivity contribution >= 4 is 17.7 Å². The van der Waals surface area contributed by atoms with Gasteiger partial charge in [-0.1, -0.05) is 0 Å². The fourth-order valence-corrected chi connectivity index (χ4v) is 0.614. The van der Waals surface area contributed by atoms with Gasteiger partial charge in [0.25, 0.3) is 0 Å². The van der Waals surface area contributed by atoms with E-state index in [0.717, 1.165) is 0 Å². The number of amides is 2. The van der Waals surface area contributed by atoms with Gasteiger partial charge >= 0.3 is 6.03 Å². The van der Waals surface area contributed by atoms with Crippen LogP contribution in [0.3, 0.4) is 0 Å². The highest BCUT2D eigenvalue weighted by molar-refractivity contribution is 5.95. The largest absolute Gasteiger partial charge is 0.470 e. The monoisotopic (exact) mass is 168 g/mol. The topological polar surface area (TPSA) is 107 Å². The lowest BCUT2D eigenvalue weighted by atomic mass is 10.5. The number of hydrogen-bond acceptors (Lipinski definition) is 3. The van der Waals surface area contributed by atoms with E-state index >= 15 is 0 Å². The smallest absolute Gasteiger partial charge is 0.318 e. The molecule has 0 aliphatic carbocycles. The van der Waals surface area contributed by atoms with Crippen molar-refractivity contribution in [2.75, 3.05) is 0 Å². The Balaban J connectivity index is 2.63. The number of urea groups is 1. The van der Waals surface area contributed by atoms with Gasteiger partial charge in [0.1, 0.15) is 12.0 Å². The Morgan fingerprint density at radius 3 is 2.83 bits per heavy atom. The number of primary amides is 1. The summed E-state index contributed by atoms with van der Waals surface area (Å²) in [5.41, 5.74) is 10.6. The van der Waals surface area contributed by atoms with E-state index in [9.17, 15) is 4.79 Å². The van der Waals surface area contributed by atoms with Gasteiger partial charge in [0.2, 0.25) is 5.96 Å². The summed E-state index contributed by atoms with van der Waals surface area (Å²) in [6.45, 7) is 0. The first kappa shape index (κ1) is 8.12. The van der Waals surface area contributed by atoms with Gasteiger partial charge in [-0.25, -0.2) is 9.79 Å². The molecule has 0 spiro atoms. The van der Waals surface area contributed by atoms with E-state index in [-0.39, 0.29) is 5.96 Å². The van der Waals surface area contributed by atoms with Crippen molar-refractivity contribution in [2.45, 2.75) is 0 Å². The van der Waals surface area contributed by atoms with Gasteiger partial charge in [-0.2, -0.15) is 0 Å². The molecule has 2 amide bonds. The molecule has 0 bridgehead atoms. The van der Waals surface area contributed by atoms with Crippen LogP contribution in [0.15, 0.2) is 28.0 Å². The third-order valence-electron chi connectivity index (χ3n) is 1.01. The molecule has 12 heavy (non-hydrogen) atoms. The van der Waals surface area contributed by atoms with Crippen molar-refractivity contribution in [3.05, 3.63) is 18.6 Å². The summed E-state index contributed by atoms with van der Waals surface area (Å²) in [7, 11) is 0. The summed E-state index contributed by atoms with van der Waals surface area (Å²) >= 11 is 0. The van der Waals surface area contributed by atoms with Crippen LogP contribution in [0.2, 0.25) is 0 Å². The van der Waals surface area contributed by atoms with Crippen LogP contribution < -0.4 is 16.8 Å². The maximum absolute atomic E-state index is 10.3. The molecule has 1 aromatic rings. The predicted octanol–water partition coefficient (Wildman–Crippen LogP) is -0.106. The van der Waals surface area contributed by atoms with E-state index in [1.54, 1.807) is 6.07 Å². The van der Waals surface area contributed by atoms with Crippen LogP contribution in [-0.2, 0) is 0 Å². The molecule has 0 aliphatic heterocycles. The zero-order chi connectivity index (χ0) is 8.97. The van der Waals surface area contributed by atoms with Gasteiger partial charge < -0.3 is 15.9 Å². The Morgan fingerprint density at radius 2 is 2.33 bits per heavy atom. The lowest BCUT2D eigenvalue weighted by Gasteiger charge is -1.97. The fraction of sp³-hybridized carbons (Fsp3) is 0. The minimum atomic E-state index is -0.750. The molecule has 0 radical (unpaired) electrons. The zero-order valence-electron chi connectivity index (χ0n) is 6.15. The SMILES string of the molecule is NC(=O)NC(N)=Nc1ccoc1. The molecule has 0 unspecified atom stereocenters. The number of carbonyl (C=O) groups is 1. The summed E-state index contributed by atoms with van der Waals surface area (Å²) in [6, 6.07) is 0.843. The molecule has 0 saturated heterocycles. The van der Waals surface area contributed by atoms with Gasteiger partial charge in [0, 0.05) is 6.07 Å². The van der Waals surface area contributed by atoms with Gasteiger partial charge in [-0.05, 0) is 0 Å². The summed E-state index contributed by atoms with van der Waals surface area (Å²) < 4.78 is 4.71. The number of nitrogens with one attached hydrogen (secondary N) is 1. The normalized spacial score (nSPS) is 11.2. The fourth-order valence-electron chi connectivity index (χ4n) is 0.614. The van der Waals surface area contributed by atoms with Crippen molar-refractivity contribution in [2.24, 2.45) is 16.5 Å². The highest BCUT2D eigenvalue weighted by Crippen LogP contribution is 2.09. The highest BCUT2D eigenvalue weighted by Gasteiger charge is 1.96. The first-order valence-corrected chi connectivity index (χ1v) is 3.11. The second-order valence-corrected chi connectivity index (χ2v) is 1.97. The Morgan fingerprint density at radius 1 is 1.58 bits per heavy atom. The minimum absolute atomic E-state index is 0.0658. The Hall–Kier alpha value is -1.98. The van der Waals surface area contributed by atoms with E-state index < -0.39 is 6.03 Å². The van der Waals surface area contributed by atoms with Gasteiger partial charge in [0.15, 0.2) is 0 Å². The first-order valence-electron chi connectivity index (χ1n) is 3.11. The summed E-state index contributed by atoms with van der Waals surface area (Å²) in [6.07, 6.45) is 2.83. The molecule has 0 fully saturated rings. The van der Waals surface area contributed by atoms with E-state index in [2.05, 4.69) is 10.3 Å². The maximum atomic E-state index is 10.3. The average Bonchev–Trinajstić information content (AvgIpc) is 2.37. The number of carbonyl (C=O) groups excluding carboxylic acids is 1. The molecule has 0 atom stereocenters. The van der Waals surface area contributed by atoms with Crippen LogP contribution in [0.4, 0.5) is 10.5 Å². The second-order valence-electron chi connectivity index (χ2n) is 1.97. The van der Waals surface area contributed by atoms with E-state index in [1.165, 1.54) is 12.5 Å². The molecule has 0 aliphatic rings. The van der Waals surface area contributed by atoms with E-state index in [4.69, 9.17) is 15.9 Å². The van der Waals surface area contributed by atoms with Gasteiger partial charge in [-0.3, -0.25) is 5.32 Å². The molecule has 64 valence electrons. The van der Waals surface area contributed by atoms with Crippen molar-refractivity contribution in [1.29, 1.82) is 0 Å². The number of nitrogens with zero attached hydrogens (tertiary/aromatic N) is 1. The Bertz CT molecular complexity index is 291. The quantitative estimate of drug-likeness (QED) is 0.402. The minimum Gasteiger partial charge on any atom is -0.470 e. The summed E-state index contributed by atoms with van der Waals surface area (Å²) in [5, 5.41) is 2.11. The van der Waals surface area contributed by atoms with Crippen LogP contribution in [0.25, 0.3) is 0 Å². The second kappa shape index (κ2) is 3.42. The van der Waals surface area contributed by atoms with E-state index in [0.29, 0.717) is 5.69 Å². The van der Waals surface area contributed by atoms with Crippen LogP contribution in [0, 0.1) is 0 Å². The molecular formula is C6H8N4O2. The number of hydrogen-bond donors (Lipinski definition) is 3. The average molecular weight is 168 g/mol. The summed E-state index contributed by atoms with van der Waals surface area (Å²) in [4.78, 5) is 14.0. The predicted molar refractivity (Wildman–Crippen MR) is 42.7 cm³/mol. The number of furan rings is 1. The lowest BCUT2D eigenvalue weighted by molar-refractivity contribution is 0.253. The highest BCUT2D eigenvalue weighted by atomic mass is 16.3. The molecule has 0 aromatic carbocycles. The number of guanidine groups is 1. The molecule has 1 aromatic heterocycles. The molecule has 0 saturated carbocycles. The molecule has 1 rings (SSSR count). The Kier molecular flexibility index (Phi) is 2.32. The van der Waals surface area contributed by atoms with Crippen LogP contribution in [0.5, 0.6) is 0 Å². The molecule has 6 heteroatoms. The van der Waals surface area contributed by atoms with Crippen LogP contribution in [0.1, 0.15) is 0 Å². The standard InChI is InChI=1S/C6H8N4O2/c7-5(10-6(8)11)9-4-1-2-12-3-4/h1-3H,(H5,7,8,9,10,11). The van der Waals surface area contributed by atoms with Crippen LogP contribution in [-0.4, -0.2) is 12.0 Å². The number of rotatable bonds is 1. The lowest BCUT2D eigenvalue weighted by Crippen LogP contribution is -2.39. The van der Waals surface area contributed by atoms with Crippen LogP contribution >= 0.6 is 0 Å². The number of aliphatic imine (C=N–C) groups is 1. The third kappa shape index (κ3) is 2.33. The third-order valence-corrected chi connectivity index (χ3v) is 1.01. The molecule has 6 nitrogen and oxygen atoms in total. The van der Waals surface area contributed by atoms with Crippen molar-refractivity contribution in [1.82, 2.24) is 5.32 Å². The zero-order valence-corrected chi connectivity index (χ0v) is 6.15. The number of nitrogens with two attached hydrogens (primary N) is 2. The molecular weight excluding hydrogens is 160 g/mol. The van der Waals surface area contributed by atoms with Crippen molar-refractivity contribution < 1.29 is 9.21 Å². The first-order chi connectivity index (χ1) is 5.68. The van der Waals surface area contributed by atoms with Crippen molar-refractivity contribution in [3.63, 3.8) is 0 Å². The van der Waals surface area contributed by atoms with Gasteiger partial charge in [0.05, 0.1) is 6.26 Å². The van der Waals surface area contributed by atoms with Crippen molar-refractivity contribution in [3.8, 4) is 0 Å². The maximum Gasteiger partial charge on any atom is 0.318 e. The summed E-state index contributed by atoms with van der Waals surface area (Å²) in [5.74, 6) is -0.0658. The van der Waals surface area contributed by atoms with E-state index in [1.807, 2.05) is 0 Å².